The molecule has 3 aromatic rings. The molecular formula is C15H13BrO2S2. The maximum atomic E-state index is 10.7. The minimum absolute atomic E-state index is 0.661. The molecule has 0 aliphatic heterocycles. The van der Waals surface area contributed by atoms with E-state index >= 15 is 0 Å². The molecule has 1 unspecified atom stereocenters. The summed E-state index contributed by atoms with van der Waals surface area (Å²) < 4.78 is 8.82. The predicted octanol–water partition coefficient (Wildman–Crippen LogP) is 5.12. The highest BCUT2D eigenvalue weighted by molar-refractivity contribution is 9.10. The van der Waals surface area contributed by atoms with Crippen LogP contribution in [0.1, 0.15) is 22.1 Å². The van der Waals surface area contributed by atoms with E-state index in [1.807, 2.05) is 19.1 Å². The number of halogens is 1. The molecule has 0 saturated carbocycles. The summed E-state index contributed by atoms with van der Waals surface area (Å²) in [7, 11) is 1.63. The fourth-order valence-electron chi connectivity index (χ4n) is 2.13. The zero-order chi connectivity index (χ0) is 14.3. The van der Waals surface area contributed by atoms with E-state index in [2.05, 4.69) is 33.4 Å². The van der Waals surface area contributed by atoms with Gasteiger partial charge in [0.15, 0.2) is 0 Å². The van der Waals surface area contributed by atoms with Crippen molar-refractivity contribution in [2.24, 2.45) is 0 Å². The van der Waals surface area contributed by atoms with Gasteiger partial charge in [-0.2, -0.15) is 0 Å². The van der Waals surface area contributed by atoms with E-state index in [0.29, 0.717) is 0 Å². The number of aryl methyl sites for hydroxylation is 1. The Morgan fingerprint density at radius 1 is 1.25 bits per heavy atom. The van der Waals surface area contributed by atoms with Gasteiger partial charge in [-0.05, 0) is 42.1 Å². The van der Waals surface area contributed by atoms with Crippen LogP contribution in [0.3, 0.4) is 0 Å². The van der Waals surface area contributed by atoms with Crippen molar-refractivity contribution < 1.29 is 9.84 Å². The first-order chi connectivity index (χ1) is 9.60. The number of fused-ring (bicyclic) bond motifs is 1. The molecule has 0 fully saturated rings. The average molecular weight is 369 g/mol. The summed E-state index contributed by atoms with van der Waals surface area (Å²) in [4.78, 5) is 0.945. The Morgan fingerprint density at radius 2 is 2.05 bits per heavy atom. The number of benzene rings is 1. The van der Waals surface area contributed by atoms with Crippen LogP contribution >= 0.6 is 38.6 Å². The summed E-state index contributed by atoms with van der Waals surface area (Å²) in [6.45, 7) is 2.00. The van der Waals surface area contributed by atoms with Gasteiger partial charge in [-0.1, -0.05) is 15.9 Å². The summed E-state index contributed by atoms with van der Waals surface area (Å²) in [5.74, 6) is 0.718. The van der Waals surface area contributed by atoms with E-state index in [1.54, 1.807) is 29.8 Å². The molecule has 1 atom stereocenters. The van der Waals surface area contributed by atoms with Crippen LogP contribution < -0.4 is 4.74 Å². The minimum atomic E-state index is -0.661. The second kappa shape index (κ2) is 5.48. The number of hydrogen-bond acceptors (Lipinski definition) is 4. The number of rotatable bonds is 3. The Kier molecular flexibility index (Phi) is 3.86. The van der Waals surface area contributed by atoms with Gasteiger partial charge in [-0.25, -0.2) is 0 Å². The third kappa shape index (κ3) is 2.39. The molecule has 0 aliphatic rings. The van der Waals surface area contributed by atoms with Gasteiger partial charge in [0, 0.05) is 24.3 Å². The first-order valence-corrected chi connectivity index (χ1v) is 8.58. The summed E-state index contributed by atoms with van der Waals surface area (Å²) >= 11 is 6.84. The lowest BCUT2D eigenvalue weighted by Gasteiger charge is -2.15. The highest BCUT2D eigenvalue weighted by Gasteiger charge is 2.19. The van der Waals surface area contributed by atoms with Gasteiger partial charge in [-0.15, -0.1) is 22.7 Å². The predicted molar refractivity (Wildman–Crippen MR) is 89.2 cm³/mol. The van der Waals surface area contributed by atoms with E-state index in [9.17, 15) is 5.11 Å². The Hall–Kier alpha value is -0.880. The van der Waals surface area contributed by atoms with Crippen molar-refractivity contribution in [2.45, 2.75) is 13.0 Å². The molecule has 1 aromatic carbocycles. The number of hydrogen-bond donors (Lipinski definition) is 1. The van der Waals surface area contributed by atoms with Crippen LogP contribution in [0.25, 0.3) is 9.40 Å². The third-order valence-electron chi connectivity index (χ3n) is 3.23. The number of methoxy groups -OCH3 is 1. The number of aliphatic hydroxyl groups is 1. The van der Waals surface area contributed by atoms with Crippen molar-refractivity contribution >= 4 is 48.0 Å². The number of aliphatic hydroxyl groups excluding tert-OH is 1. The van der Waals surface area contributed by atoms with Crippen LogP contribution in [-0.2, 0) is 0 Å². The summed E-state index contributed by atoms with van der Waals surface area (Å²) in [6.07, 6.45) is -0.661. The lowest BCUT2D eigenvalue weighted by Crippen LogP contribution is -2.01. The van der Waals surface area contributed by atoms with Gasteiger partial charge in [0.1, 0.15) is 11.9 Å². The summed E-state index contributed by atoms with van der Waals surface area (Å²) in [5, 5.41) is 12.7. The fourth-order valence-corrected chi connectivity index (χ4v) is 4.62. The van der Waals surface area contributed by atoms with Crippen molar-refractivity contribution in [1.82, 2.24) is 0 Å². The Morgan fingerprint density at radius 3 is 2.75 bits per heavy atom. The molecule has 1 N–H and O–H groups in total. The third-order valence-corrected chi connectivity index (χ3v) is 6.23. The average Bonchev–Trinajstić information content (AvgIpc) is 3.01. The molecule has 0 bridgehead atoms. The highest BCUT2D eigenvalue weighted by atomic mass is 79.9. The molecule has 0 aliphatic carbocycles. The molecule has 2 aromatic heterocycles. The van der Waals surface area contributed by atoms with Gasteiger partial charge in [0.25, 0.3) is 0 Å². The Labute approximate surface area is 133 Å². The molecule has 5 heteroatoms. The molecule has 20 heavy (non-hydrogen) atoms. The second-order valence-corrected chi connectivity index (χ2v) is 7.46. The lowest BCUT2D eigenvalue weighted by molar-refractivity contribution is 0.218. The summed E-state index contributed by atoms with van der Waals surface area (Å²) in [5.41, 5.74) is 1.88. The van der Waals surface area contributed by atoms with Gasteiger partial charge >= 0.3 is 0 Å². The van der Waals surface area contributed by atoms with Crippen molar-refractivity contribution in [1.29, 1.82) is 0 Å². The zero-order valence-corrected chi connectivity index (χ0v) is 14.2. The fraction of sp³-hybridized carbons (Fsp3) is 0.200. The van der Waals surface area contributed by atoms with Crippen LogP contribution in [-0.4, -0.2) is 12.2 Å². The Balaban J connectivity index is 2.07. The quantitative estimate of drug-likeness (QED) is 0.694. The van der Waals surface area contributed by atoms with Crippen molar-refractivity contribution in [2.75, 3.05) is 7.11 Å². The van der Waals surface area contributed by atoms with Crippen LogP contribution in [0.15, 0.2) is 34.1 Å². The van der Waals surface area contributed by atoms with Crippen LogP contribution in [0, 0.1) is 6.92 Å². The molecule has 0 spiro atoms. The lowest BCUT2D eigenvalue weighted by atomic mass is 10.0. The van der Waals surface area contributed by atoms with Crippen LogP contribution in [0.4, 0.5) is 0 Å². The van der Waals surface area contributed by atoms with Crippen molar-refractivity contribution in [3.63, 3.8) is 0 Å². The maximum absolute atomic E-state index is 10.7. The molecule has 0 amide bonds. The van der Waals surface area contributed by atoms with E-state index < -0.39 is 6.10 Å². The molecule has 2 nitrogen and oxygen atoms in total. The molecular weight excluding hydrogens is 356 g/mol. The number of ether oxygens (including phenoxy) is 1. The van der Waals surface area contributed by atoms with Gasteiger partial charge in [-0.3, -0.25) is 0 Å². The first-order valence-electron chi connectivity index (χ1n) is 6.09. The molecule has 3 rings (SSSR count). The van der Waals surface area contributed by atoms with Crippen LogP contribution in [0.5, 0.6) is 5.75 Å². The topological polar surface area (TPSA) is 29.5 Å². The molecule has 0 saturated heterocycles. The monoisotopic (exact) mass is 368 g/mol. The normalized spacial score (nSPS) is 12.8. The zero-order valence-electron chi connectivity index (χ0n) is 11.0. The second-order valence-electron chi connectivity index (χ2n) is 4.54. The summed E-state index contributed by atoms with van der Waals surface area (Å²) in [6, 6.07) is 8.02. The maximum Gasteiger partial charge on any atom is 0.125 e. The van der Waals surface area contributed by atoms with Gasteiger partial charge < -0.3 is 9.84 Å². The van der Waals surface area contributed by atoms with E-state index in [0.717, 1.165) is 26.2 Å². The van der Waals surface area contributed by atoms with Crippen molar-refractivity contribution in [3.8, 4) is 5.75 Å². The van der Waals surface area contributed by atoms with Gasteiger partial charge in [0.2, 0.25) is 0 Å². The Bertz CT molecular complexity index is 732. The highest BCUT2D eigenvalue weighted by Crippen LogP contribution is 2.39. The SMILES string of the molecule is COc1cc(C)c(Br)cc1C(O)c1cc2sccc2s1. The first kappa shape index (κ1) is 14.1. The smallest absolute Gasteiger partial charge is 0.125 e. The molecule has 104 valence electrons. The van der Waals surface area contributed by atoms with Crippen molar-refractivity contribution in [3.05, 3.63) is 50.1 Å². The van der Waals surface area contributed by atoms with E-state index in [4.69, 9.17) is 4.74 Å². The van der Waals surface area contributed by atoms with E-state index in [1.165, 1.54) is 9.40 Å². The standard InChI is InChI=1S/C15H13BrO2S2/c1-8-5-11(18-2)9(6-10(8)16)15(17)14-7-13-12(20-14)3-4-19-13/h3-7,15,17H,1-2H3. The molecule has 0 radical (unpaired) electrons. The minimum Gasteiger partial charge on any atom is -0.496 e. The van der Waals surface area contributed by atoms with Gasteiger partial charge in [0.05, 0.1) is 7.11 Å². The molecule has 2 heterocycles. The van der Waals surface area contributed by atoms with Crippen LogP contribution in [0.2, 0.25) is 0 Å². The van der Waals surface area contributed by atoms with E-state index in [-0.39, 0.29) is 0 Å². The number of thiophene rings is 2. The largest absolute Gasteiger partial charge is 0.496 e.